The summed E-state index contributed by atoms with van der Waals surface area (Å²) in [6, 6.07) is 14.2. The number of nitrogens with two attached hydrogens (primary N) is 1. The van der Waals surface area contributed by atoms with E-state index in [1.165, 1.54) is 5.56 Å². The molecule has 0 bridgehead atoms. The van der Waals surface area contributed by atoms with Crippen LogP contribution in [-0.4, -0.2) is 25.2 Å². The van der Waals surface area contributed by atoms with Crippen molar-refractivity contribution >= 4 is 5.82 Å². The Morgan fingerprint density at radius 3 is 2.53 bits per heavy atom. The normalized spacial score (nSPS) is 10.2. The number of anilines is 1. The molecule has 0 radical (unpaired) electrons. The molecular formula is C15H19N3O. The van der Waals surface area contributed by atoms with Gasteiger partial charge in [-0.25, -0.2) is 4.98 Å². The van der Waals surface area contributed by atoms with Crippen LogP contribution in [0.15, 0.2) is 48.7 Å². The van der Waals surface area contributed by atoms with Gasteiger partial charge in [-0.3, -0.25) is 0 Å². The molecule has 19 heavy (non-hydrogen) atoms. The van der Waals surface area contributed by atoms with Crippen molar-refractivity contribution in [1.29, 1.82) is 0 Å². The van der Waals surface area contributed by atoms with Crippen molar-refractivity contribution in [1.82, 2.24) is 4.98 Å². The molecular weight excluding hydrogens is 238 g/mol. The fourth-order valence-electron chi connectivity index (χ4n) is 1.91. The summed E-state index contributed by atoms with van der Waals surface area (Å²) in [7, 11) is 1.64. The molecule has 0 unspecified atom stereocenters. The lowest BCUT2D eigenvalue weighted by Crippen LogP contribution is -2.29. The van der Waals surface area contributed by atoms with Crippen LogP contribution in [0, 0.1) is 0 Å². The Balaban J connectivity index is 2.14. The van der Waals surface area contributed by atoms with Crippen molar-refractivity contribution in [2.45, 2.75) is 6.54 Å². The molecule has 0 aliphatic carbocycles. The highest BCUT2D eigenvalue weighted by Gasteiger charge is 2.08. The van der Waals surface area contributed by atoms with Gasteiger partial charge in [-0.05, 0) is 17.7 Å². The number of aromatic nitrogens is 1. The first-order chi connectivity index (χ1) is 9.33. The molecule has 0 aliphatic rings. The van der Waals surface area contributed by atoms with E-state index >= 15 is 0 Å². The summed E-state index contributed by atoms with van der Waals surface area (Å²) in [4.78, 5) is 6.57. The van der Waals surface area contributed by atoms with E-state index in [0.29, 0.717) is 6.54 Å². The molecule has 0 saturated heterocycles. The van der Waals surface area contributed by atoms with Crippen molar-refractivity contribution < 1.29 is 4.74 Å². The molecule has 0 atom stereocenters. The molecule has 4 heteroatoms. The molecule has 4 nitrogen and oxygen atoms in total. The summed E-state index contributed by atoms with van der Waals surface area (Å²) in [5.74, 6) is 1.67. The van der Waals surface area contributed by atoms with Crippen LogP contribution in [0.4, 0.5) is 5.82 Å². The fraction of sp³-hybridized carbons (Fsp3) is 0.267. The standard InChI is InChI=1S/C15H19N3O/c1-19-14-7-8-15(17-11-14)18(10-9-16)12-13-5-3-2-4-6-13/h2-8,11H,9-10,12,16H2,1H3. The van der Waals surface area contributed by atoms with Gasteiger partial charge in [0.15, 0.2) is 0 Å². The first kappa shape index (κ1) is 13.4. The maximum Gasteiger partial charge on any atom is 0.137 e. The molecule has 0 fully saturated rings. The zero-order valence-electron chi connectivity index (χ0n) is 11.1. The van der Waals surface area contributed by atoms with Crippen LogP contribution < -0.4 is 15.4 Å². The van der Waals surface area contributed by atoms with Crippen molar-refractivity contribution in [2.75, 3.05) is 25.1 Å². The van der Waals surface area contributed by atoms with Gasteiger partial charge in [0.25, 0.3) is 0 Å². The highest BCUT2D eigenvalue weighted by molar-refractivity contribution is 5.41. The van der Waals surface area contributed by atoms with Crippen molar-refractivity contribution in [2.24, 2.45) is 5.73 Å². The van der Waals surface area contributed by atoms with Gasteiger partial charge >= 0.3 is 0 Å². The van der Waals surface area contributed by atoms with Crippen LogP contribution in [0.3, 0.4) is 0 Å². The summed E-state index contributed by atoms with van der Waals surface area (Å²) < 4.78 is 5.12. The lowest BCUT2D eigenvalue weighted by Gasteiger charge is -2.23. The molecule has 1 aromatic carbocycles. The van der Waals surface area contributed by atoms with E-state index in [4.69, 9.17) is 10.5 Å². The summed E-state index contributed by atoms with van der Waals surface area (Å²) in [6.07, 6.45) is 1.73. The molecule has 1 aromatic heterocycles. The molecule has 0 aliphatic heterocycles. The van der Waals surface area contributed by atoms with Crippen LogP contribution in [0.1, 0.15) is 5.56 Å². The fourth-order valence-corrected chi connectivity index (χ4v) is 1.91. The second-order valence-corrected chi connectivity index (χ2v) is 4.25. The Morgan fingerprint density at radius 2 is 1.95 bits per heavy atom. The highest BCUT2D eigenvalue weighted by atomic mass is 16.5. The zero-order chi connectivity index (χ0) is 13.5. The van der Waals surface area contributed by atoms with E-state index in [2.05, 4.69) is 22.0 Å². The third-order valence-electron chi connectivity index (χ3n) is 2.90. The van der Waals surface area contributed by atoms with Gasteiger partial charge in [0.1, 0.15) is 11.6 Å². The van der Waals surface area contributed by atoms with E-state index in [1.54, 1.807) is 13.3 Å². The first-order valence-electron chi connectivity index (χ1n) is 6.32. The Bertz CT molecular complexity index is 485. The maximum atomic E-state index is 5.68. The van der Waals surface area contributed by atoms with E-state index < -0.39 is 0 Å². The summed E-state index contributed by atoms with van der Waals surface area (Å²) in [5, 5.41) is 0. The van der Waals surface area contributed by atoms with Crippen molar-refractivity contribution in [3.8, 4) is 5.75 Å². The van der Waals surface area contributed by atoms with Crippen LogP contribution in [0.25, 0.3) is 0 Å². The Kier molecular flexibility index (Phi) is 4.75. The summed E-state index contributed by atoms with van der Waals surface area (Å²) in [6.45, 7) is 2.17. The third-order valence-corrected chi connectivity index (χ3v) is 2.90. The van der Waals surface area contributed by atoms with Gasteiger partial charge in [-0.2, -0.15) is 0 Å². The quantitative estimate of drug-likeness (QED) is 0.860. The van der Waals surface area contributed by atoms with E-state index in [9.17, 15) is 0 Å². The molecule has 2 aromatic rings. The predicted molar refractivity (Wildman–Crippen MR) is 77.3 cm³/mol. The number of rotatable bonds is 6. The average molecular weight is 257 g/mol. The monoisotopic (exact) mass is 257 g/mol. The average Bonchev–Trinajstić information content (AvgIpc) is 2.48. The van der Waals surface area contributed by atoms with Crippen LogP contribution in [-0.2, 0) is 6.54 Å². The van der Waals surface area contributed by atoms with Crippen molar-refractivity contribution in [3.05, 3.63) is 54.2 Å². The molecule has 0 amide bonds. The van der Waals surface area contributed by atoms with Crippen LogP contribution in [0.5, 0.6) is 5.75 Å². The minimum absolute atomic E-state index is 0.598. The predicted octanol–water partition coefficient (Wildman–Crippen LogP) is 2.06. The number of pyridine rings is 1. The van der Waals surface area contributed by atoms with Gasteiger partial charge in [-0.1, -0.05) is 30.3 Å². The molecule has 100 valence electrons. The third kappa shape index (κ3) is 3.69. The topological polar surface area (TPSA) is 51.4 Å². The molecule has 0 saturated carbocycles. The second-order valence-electron chi connectivity index (χ2n) is 4.25. The molecule has 1 heterocycles. The highest BCUT2D eigenvalue weighted by Crippen LogP contribution is 2.17. The van der Waals surface area contributed by atoms with Gasteiger partial charge in [-0.15, -0.1) is 0 Å². The number of ether oxygens (including phenoxy) is 1. The molecule has 2 N–H and O–H groups in total. The zero-order valence-corrected chi connectivity index (χ0v) is 11.1. The van der Waals surface area contributed by atoms with Gasteiger partial charge in [0.2, 0.25) is 0 Å². The van der Waals surface area contributed by atoms with E-state index in [1.807, 2.05) is 30.3 Å². The Hall–Kier alpha value is -2.07. The Morgan fingerprint density at radius 1 is 1.16 bits per heavy atom. The number of hydrogen-bond donors (Lipinski definition) is 1. The SMILES string of the molecule is COc1ccc(N(CCN)Cc2ccccc2)nc1. The number of nitrogens with zero attached hydrogens (tertiary/aromatic N) is 2. The molecule has 0 spiro atoms. The van der Waals surface area contributed by atoms with Gasteiger partial charge in [0, 0.05) is 19.6 Å². The van der Waals surface area contributed by atoms with Crippen molar-refractivity contribution in [3.63, 3.8) is 0 Å². The number of benzene rings is 1. The van der Waals surface area contributed by atoms with E-state index in [0.717, 1.165) is 24.7 Å². The molecule has 2 rings (SSSR count). The smallest absolute Gasteiger partial charge is 0.137 e. The summed E-state index contributed by atoms with van der Waals surface area (Å²) >= 11 is 0. The minimum atomic E-state index is 0.598. The minimum Gasteiger partial charge on any atom is -0.495 e. The Labute approximate surface area is 113 Å². The first-order valence-corrected chi connectivity index (χ1v) is 6.32. The summed E-state index contributed by atoms with van der Waals surface area (Å²) in [5.41, 5.74) is 6.93. The van der Waals surface area contributed by atoms with Gasteiger partial charge in [0.05, 0.1) is 13.3 Å². The number of methoxy groups -OCH3 is 1. The number of hydrogen-bond acceptors (Lipinski definition) is 4. The lowest BCUT2D eigenvalue weighted by atomic mass is 10.2. The van der Waals surface area contributed by atoms with Gasteiger partial charge < -0.3 is 15.4 Å². The second kappa shape index (κ2) is 6.75. The van der Waals surface area contributed by atoms with E-state index in [-0.39, 0.29) is 0 Å². The van der Waals surface area contributed by atoms with Crippen LogP contribution in [0.2, 0.25) is 0 Å². The lowest BCUT2D eigenvalue weighted by molar-refractivity contribution is 0.413. The largest absolute Gasteiger partial charge is 0.495 e. The maximum absolute atomic E-state index is 5.68. The van der Waals surface area contributed by atoms with Crippen LogP contribution >= 0.6 is 0 Å².